The van der Waals surface area contributed by atoms with Gasteiger partial charge in [0.05, 0.1) is 11.8 Å². The van der Waals surface area contributed by atoms with Crippen LogP contribution in [0.5, 0.6) is 0 Å². The number of rotatable bonds is 4. The van der Waals surface area contributed by atoms with Crippen molar-refractivity contribution in [2.45, 2.75) is 6.54 Å². The van der Waals surface area contributed by atoms with E-state index in [4.69, 9.17) is 4.42 Å². The fraction of sp³-hybridized carbons (Fsp3) is 0.0588. The largest absolute Gasteiger partial charge is 0.472 e. The molecule has 0 atom stereocenters. The predicted molar refractivity (Wildman–Crippen MR) is 79.6 cm³/mol. The van der Waals surface area contributed by atoms with E-state index in [-0.39, 0.29) is 5.91 Å². The molecule has 21 heavy (non-hydrogen) atoms. The third kappa shape index (κ3) is 3.17. The van der Waals surface area contributed by atoms with E-state index in [1.807, 2.05) is 42.6 Å². The lowest BCUT2D eigenvalue weighted by molar-refractivity contribution is 0.0950. The van der Waals surface area contributed by atoms with Crippen LogP contribution in [0.3, 0.4) is 0 Å². The summed E-state index contributed by atoms with van der Waals surface area (Å²) in [5.74, 6) is -0.143. The Labute approximate surface area is 122 Å². The molecular weight excluding hydrogens is 264 g/mol. The maximum Gasteiger partial charge on any atom is 0.254 e. The van der Waals surface area contributed by atoms with Crippen molar-refractivity contribution in [1.82, 2.24) is 10.3 Å². The summed E-state index contributed by atoms with van der Waals surface area (Å²) in [7, 11) is 0. The summed E-state index contributed by atoms with van der Waals surface area (Å²) in [6, 6.07) is 13.6. The summed E-state index contributed by atoms with van der Waals surface area (Å²) in [5, 5.41) is 2.87. The van der Waals surface area contributed by atoms with Crippen LogP contribution in [0.25, 0.3) is 11.1 Å². The highest BCUT2D eigenvalue weighted by atomic mass is 16.3. The lowest BCUT2D eigenvalue weighted by Gasteiger charge is -2.06. The van der Waals surface area contributed by atoms with Crippen LogP contribution in [-0.2, 0) is 6.54 Å². The van der Waals surface area contributed by atoms with Crippen LogP contribution >= 0.6 is 0 Å². The lowest BCUT2D eigenvalue weighted by Crippen LogP contribution is -2.22. The second kappa shape index (κ2) is 6.05. The third-order valence-corrected chi connectivity index (χ3v) is 3.16. The van der Waals surface area contributed by atoms with Gasteiger partial charge in [-0.05, 0) is 34.9 Å². The zero-order valence-electron chi connectivity index (χ0n) is 11.3. The van der Waals surface area contributed by atoms with E-state index in [2.05, 4.69) is 10.3 Å². The van der Waals surface area contributed by atoms with Crippen LogP contribution in [0.1, 0.15) is 15.9 Å². The van der Waals surface area contributed by atoms with Crippen molar-refractivity contribution >= 4 is 5.91 Å². The van der Waals surface area contributed by atoms with Gasteiger partial charge in [-0.2, -0.15) is 0 Å². The molecule has 1 N–H and O–H groups in total. The topological polar surface area (TPSA) is 55.1 Å². The molecule has 3 aromatic rings. The molecule has 2 heterocycles. The van der Waals surface area contributed by atoms with E-state index < -0.39 is 0 Å². The molecule has 1 aromatic carbocycles. The van der Waals surface area contributed by atoms with Crippen molar-refractivity contribution in [1.29, 1.82) is 0 Å². The summed E-state index contributed by atoms with van der Waals surface area (Å²) < 4.78 is 4.90. The van der Waals surface area contributed by atoms with Crippen LogP contribution in [0.2, 0.25) is 0 Å². The first-order valence-electron chi connectivity index (χ1n) is 6.63. The maximum absolute atomic E-state index is 11.9. The molecule has 0 bridgehead atoms. The van der Waals surface area contributed by atoms with Gasteiger partial charge in [0.15, 0.2) is 0 Å². The smallest absolute Gasteiger partial charge is 0.254 e. The first-order valence-corrected chi connectivity index (χ1v) is 6.63. The van der Waals surface area contributed by atoms with E-state index in [0.717, 1.165) is 16.7 Å². The Morgan fingerprint density at radius 3 is 2.81 bits per heavy atom. The van der Waals surface area contributed by atoms with Crippen LogP contribution in [0.15, 0.2) is 71.8 Å². The molecule has 3 rings (SSSR count). The minimum Gasteiger partial charge on any atom is -0.472 e. The SMILES string of the molecule is O=C(NCc1cccc(-c2cccnc2)c1)c1ccoc1. The highest BCUT2D eigenvalue weighted by molar-refractivity contribution is 5.93. The average Bonchev–Trinajstić information content (AvgIpc) is 3.08. The lowest BCUT2D eigenvalue weighted by atomic mass is 10.0. The summed E-state index contributed by atoms with van der Waals surface area (Å²) in [6.07, 6.45) is 6.49. The quantitative estimate of drug-likeness (QED) is 0.797. The van der Waals surface area contributed by atoms with Crippen molar-refractivity contribution in [3.05, 3.63) is 78.5 Å². The van der Waals surface area contributed by atoms with Gasteiger partial charge in [0.1, 0.15) is 6.26 Å². The number of amides is 1. The number of hydrogen-bond donors (Lipinski definition) is 1. The zero-order chi connectivity index (χ0) is 14.5. The third-order valence-electron chi connectivity index (χ3n) is 3.16. The molecule has 104 valence electrons. The highest BCUT2D eigenvalue weighted by Gasteiger charge is 2.06. The molecule has 1 amide bonds. The fourth-order valence-electron chi connectivity index (χ4n) is 2.07. The Morgan fingerprint density at radius 1 is 1.14 bits per heavy atom. The second-order valence-corrected chi connectivity index (χ2v) is 4.64. The van der Waals surface area contributed by atoms with Gasteiger partial charge in [-0.3, -0.25) is 9.78 Å². The fourth-order valence-corrected chi connectivity index (χ4v) is 2.07. The van der Waals surface area contributed by atoms with Crippen molar-refractivity contribution in [2.24, 2.45) is 0 Å². The Balaban J connectivity index is 1.71. The molecule has 0 aliphatic rings. The molecule has 0 aliphatic carbocycles. The molecule has 4 heteroatoms. The van der Waals surface area contributed by atoms with E-state index in [0.29, 0.717) is 12.1 Å². The Bertz CT molecular complexity index is 722. The highest BCUT2D eigenvalue weighted by Crippen LogP contribution is 2.19. The van der Waals surface area contributed by atoms with E-state index in [1.54, 1.807) is 12.3 Å². The Morgan fingerprint density at radius 2 is 2.05 bits per heavy atom. The number of nitrogens with zero attached hydrogens (tertiary/aromatic N) is 1. The van der Waals surface area contributed by atoms with E-state index >= 15 is 0 Å². The maximum atomic E-state index is 11.9. The van der Waals surface area contributed by atoms with Gasteiger partial charge in [0, 0.05) is 18.9 Å². The molecule has 4 nitrogen and oxygen atoms in total. The van der Waals surface area contributed by atoms with Gasteiger partial charge in [-0.1, -0.05) is 24.3 Å². The van der Waals surface area contributed by atoms with Crippen molar-refractivity contribution in [2.75, 3.05) is 0 Å². The average molecular weight is 278 g/mol. The van der Waals surface area contributed by atoms with Crippen molar-refractivity contribution in [3.8, 4) is 11.1 Å². The van der Waals surface area contributed by atoms with Gasteiger partial charge in [0.2, 0.25) is 0 Å². The molecule has 0 aliphatic heterocycles. The second-order valence-electron chi connectivity index (χ2n) is 4.64. The number of aromatic nitrogens is 1. The van der Waals surface area contributed by atoms with Crippen LogP contribution in [0, 0.1) is 0 Å². The molecule has 0 unspecified atom stereocenters. The summed E-state index contributed by atoms with van der Waals surface area (Å²) in [6.45, 7) is 0.470. The first kappa shape index (κ1) is 13.1. The van der Waals surface area contributed by atoms with Gasteiger partial charge >= 0.3 is 0 Å². The van der Waals surface area contributed by atoms with Gasteiger partial charge in [-0.25, -0.2) is 0 Å². The normalized spacial score (nSPS) is 10.3. The number of pyridine rings is 1. The number of hydrogen-bond acceptors (Lipinski definition) is 3. The van der Waals surface area contributed by atoms with E-state index in [1.165, 1.54) is 12.5 Å². The van der Waals surface area contributed by atoms with Crippen molar-refractivity contribution in [3.63, 3.8) is 0 Å². The summed E-state index contributed by atoms with van der Waals surface area (Å²) in [5.41, 5.74) is 3.70. The first-order chi connectivity index (χ1) is 10.3. The number of carbonyl (C=O) groups excluding carboxylic acids is 1. The molecular formula is C17H14N2O2. The van der Waals surface area contributed by atoms with Crippen LogP contribution in [-0.4, -0.2) is 10.9 Å². The van der Waals surface area contributed by atoms with Gasteiger partial charge in [-0.15, -0.1) is 0 Å². The molecule has 0 radical (unpaired) electrons. The Hall–Kier alpha value is -2.88. The number of furan rings is 1. The monoisotopic (exact) mass is 278 g/mol. The van der Waals surface area contributed by atoms with E-state index in [9.17, 15) is 4.79 Å². The molecule has 0 saturated heterocycles. The molecule has 2 aromatic heterocycles. The minimum absolute atomic E-state index is 0.143. The standard InChI is InChI=1S/C17H14N2O2/c20-17(16-6-8-21-12-16)19-10-13-3-1-4-14(9-13)15-5-2-7-18-11-15/h1-9,11-12H,10H2,(H,19,20). The Kier molecular flexibility index (Phi) is 3.78. The van der Waals surface area contributed by atoms with Gasteiger partial charge < -0.3 is 9.73 Å². The molecule has 0 fully saturated rings. The number of carbonyl (C=O) groups is 1. The number of nitrogens with one attached hydrogen (secondary N) is 1. The van der Waals surface area contributed by atoms with Crippen LogP contribution in [0.4, 0.5) is 0 Å². The summed E-state index contributed by atoms with van der Waals surface area (Å²) in [4.78, 5) is 16.0. The molecule has 0 saturated carbocycles. The summed E-state index contributed by atoms with van der Waals surface area (Å²) >= 11 is 0. The predicted octanol–water partition coefficient (Wildman–Crippen LogP) is 3.27. The number of benzene rings is 1. The molecule has 0 spiro atoms. The van der Waals surface area contributed by atoms with Gasteiger partial charge in [0.25, 0.3) is 5.91 Å². The zero-order valence-corrected chi connectivity index (χ0v) is 11.3. The van der Waals surface area contributed by atoms with Crippen molar-refractivity contribution < 1.29 is 9.21 Å². The minimum atomic E-state index is -0.143. The van der Waals surface area contributed by atoms with Crippen LogP contribution < -0.4 is 5.32 Å².